The van der Waals surface area contributed by atoms with Crippen LogP contribution in [0.4, 0.5) is 0 Å². The van der Waals surface area contributed by atoms with Crippen molar-refractivity contribution < 1.29 is 0 Å². The van der Waals surface area contributed by atoms with Crippen molar-refractivity contribution in [3.8, 4) is 0 Å². The fourth-order valence-electron chi connectivity index (χ4n) is 3.02. The van der Waals surface area contributed by atoms with Crippen molar-refractivity contribution in [2.45, 2.75) is 38.8 Å². The van der Waals surface area contributed by atoms with Gasteiger partial charge in [0.15, 0.2) is 0 Å². The standard InChI is InChI=1S/C15H22Cl2N2/c1-10-4-3-7-19(11(10)2)15(9-18)13-6-5-12(16)8-14(13)17/h5-6,8,10-11,15H,3-4,7,9,18H2,1-2H3. The summed E-state index contributed by atoms with van der Waals surface area (Å²) in [7, 11) is 0. The fourth-order valence-corrected chi connectivity index (χ4v) is 3.55. The highest BCUT2D eigenvalue weighted by Gasteiger charge is 2.31. The van der Waals surface area contributed by atoms with E-state index in [1.165, 1.54) is 12.8 Å². The van der Waals surface area contributed by atoms with Gasteiger partial charge in [-0.3, -0.25) is 4.90 Å². The van der Waals surface area contributed by atoms with E-state index in [-0.39, 0.29) is 6.04 Å². The first kappa shape index (κ1) is 15.1. The molecule has 19 heavy (non-hydrogen) atoms. The van der Waals surface area contributed by atoms with Gasteiger partial charge in [-0.1, -0.05) is 36.2 Å². The van der Waals surface area contributed by atoms with E-state index >= 15 is 0 Å². The lowest BCUT2D eigenvalue weighted by atomic mass is 9.89. The van der Waals surface area contributed by atoms with E-state index in [1.807, 2.05) is 12.1 Å². The molecule has 2 nitrogen and oxygen atoms in total. The molecule has 1 fully saturated rings. The highest BCUT2D eigenvalue weighted by molar-refractivity contribution is 6.35. The Morgan fingerprint density at radius 1 is 1.37 bits per heavy atom. The van der Waals surface area contributed by atoms with E-state index in [9.17, 15) is 0 Å². The molecule has 3 atom stereocenters. The van der Waals surface area contributed by atoms with Crippen LogP contribution in [0.15, 0.2) is 18.2 Å². The van der Waals surface area contributed by atoms with E-state index in [2.05, 4.69) is 18.7 Å². The molecule has 1 aliphatic heterocycles. The highest BCUT2D eigenvalue weighted by Crippen LogP contribution is 2.34. The minimum atomic E-state index is 0.183. The molecule has 2 rings (SSSR count). The second kappa shape index (κ2) is 6.45. The SMILES string of the molecule is CC1CCCN(C(CN)c2ccc(Cl)cc2Cl)C1C. The van der Waals surface area contributed by atoms with Crippen LogP contribution in [0, 0.1) is 5.92 Å². The van der Waals surface area contributed by atoms with E-state index in [0.29, 0.717) is 28.5 Å². The van der Waals surface area contributed by atoms with Crippen molar-refractivity contribution in [3.63, 3.8) is 0 Å². The Hall–Kier alpha value is -0.280. The van der Waals surface area contributed by atoms with E-state index in [0.717, 1.165) is 12.1 Å². The molecule has 0 radical (unpaired) electrons. The number of nitrogens with zero attached hydrogens (tertiary/aromatic N) is 1. The van der Waals surface area contributed by atoms with Gasteiger partial charge in [-0.2, -0.15) is 0 Å². The first-order valence-electron chi connectivity index (χ1n) is 6.95. The third-order valence-electron chi connectivity index (χ3n) is 4.37. The summed E-state index contributed by atoms with van der Waals surface area (Å²) in [6.07, 6.45) is 2.52. The van der Waals surface area contributed by atoms with Crippen LogP contribution in [0.1, 0.15) is 38.3 Å². The van der Waals surface area contributed by atoms with Gasteiger partial charge in [-0.05, 0) is 49.9 Å². The van der Waals surface area contributed by atoms with Crippen LogP contribution in [0.3, 0.4) is 0 Å². The summed E-state index contributed by atoms with van der Waals surface area (Å²) in [6, 6.07) is 6.42. The number of halogens is 2. The van der Waals surface area contributed by atoms with Crippen molar-refractivity contribution in [2.75, 3.05) is 13.1 Å². The zero-order valence-corrected chi connectivity index (χ0v) is 13.1. The molecule has 1 aliphatic rings. The number of likely N-dealkylation sites (tertiary alicyclic amines) is 1. The van der Waals surface area contributed by atoms with Crippen LogP contribution in [0.5, 0.6) is 0 Å². The minimum Gasteiger partial charge on any atom is -0.329 e. The summed E-state index contributed by atoms with van der Waals surface area (Å²) < 4.78 is 0. The number of benzene rings is 1. The summed E-state index contributed by atoms with van der Waals surface area (Å²) in [6.45, 7) is 6.27. The molecule has 0 aromatic heterocycles. The zero-order chi connectivity index (χ0) is 14.0. The molecule has 106 valence electrons. The van der Waals surface area contributed by atoms with E-state index in [4.69, 9.17) is 28.9 Å². The van der Waals surface area contributed by atoms with Crippen LogP contribution in [-0.2, 0) is 0 Å². The molecule has 4 heteroatoms. The highest BCUT2D eigenvalue weighted by atomic mass is 35.5. The average molecular weight is 301 g/mol. The fraction of sp³-hybridized carbons (Fsp3) is 0.600. The first-order chi connectivity index (χ1) is 9.04. The molecule has 1 saturated heterocycles. The second-order valence-corrected chi connectivity index (χ2v) is 6.36. The molecular formula is C15H22Cl2N2. The van der Waals surface area contributed by atoms with Crippen LogP contribution >= 0.6 is 23.2 Å². The lowest BCUT2D eigenvalue weighted by molar-refractivity contribution is 0.0710. The van der Waals surface area contributed by atoms with Gasteiger partial charge in [0.25, 0.3) is 0 Å². The van der Waals surface area contributed by atoms with Crippen LogP contribution < -0.4 is 5.73 Å². The van der Waals surface area contributed by atoms with Gasteiger partial charge in [0.05, 0.1) is 0 Å². The normalized spacial score (nSPS) is 26.4. The maximum absolute atomic E-state index is 6.34. The van der Waals surface area contributed by atoms with Crippen molar-refractivity contribution in [3.05, 3.63) is 33.8 Å². The summed E-state index contributed by atoms with van der Waals surface area (Å²) in [5, 5.41) is 1.39. The number of hydrogen-bond donors (Lipinski definition) is 1. The number of hydrogen-bond acceptors (Lipinski definition) is 2. The van der Waals surface area contributed by atoms with Gasteiger partial charge >= 0.3 is 0 Å². The predicted molar refractivity (Wildman–Crippen MR) is 82.8 cm³/mol. The molecule has 1 aromatic carbocycles. The first-order valence-corrected chi connectivity index (χ1v) is 7.71. The Bertz CT molecular complexity index is 436. The molecule has 1 heterocycles. The molecule has 3 unspecified atom stereocenters. The monoisotopic (exact) mass is 300 g/mol. The lowest BCUT2D eigenvalue weighted by Gasteiger charge is -2.43. The van der Waals surface area contributed by atoms with Crippen LogP contribution in [-0.4, -0.2) is 24.0 Å². The molecule has 0 saturated carbocycles. The van der Waals surface area contributed by atoms with Crippen molar-refractivity contribution >= 4 is 23.2 Å². The van der Waals surface area contributed by atoms with Crippen molar-refractivity contribution in [1.29, 1.82) is 0 Å². The summed E-state index contributed by atoms with van der Waals surface area (Å²) in [4.78, 5) is 2.49. The number of piperidine rings is 1. The molecule has 2 N–H and O–H groups in total. The van der Waals surface area contributed by atoms with Gasteiger partial charge in [0, 0.05) is 28.7 Å². The number of rotatable bonds is 3. The molecule has 0 amide bonds. The predicted octanol–water partition coefficient (Wildman–Crippen LogP) is 4.11. The largest absolute Gasteiger partial charge is 0.329 e. The summed E-state index contributed by atoms with van der Waals surface area (Å²) in [5.41, 5.74) is 7.11. The summed E-state index contributed by atoms with van der Waals surface area (Å²) in [5.74, 6) is 0.703. The van der Waals surface area contributed by atoms with Gasteiger partial charge in [-0.15, -0.1) is 0 Å². The Labute approximate surface area is 125 Å². The average Bonchev–Trinajstić information content (AvgIpc) is 2.37. The van der Waals surface area contributed by atoms with Gasteiger partial charge in [0.2, 0.25) is 0 Å². The Morgan fingerprint density at radius 2 is 2.11 bits per heavy atom. The third-order valence-corrected chi connectivity index (χ3v) is 4.93. The zero-order valence-electron chi connectivity index (χ0n) is 11.6. The molecule has 1 aromatic rings. The maximum atomic E-state index is 6.34. The van der Waals surface area contributed by atoms with Crippen LogP contribution in [0.25, 0.3) is 0 Å². The quantitative estimate of drug-likeness (QED) is 0.910. The van der Waals surface area contributed by atoms with Crippen LogP contribution in [0.2, 0.25) is 10.0 Å². The Kier molecular flexibility index (Phi) is 5.13. The Morgan fingerprint density at radius 3 is 2.74 bits per heavy atom. The Balaban J connectivity index is 2.28. The van der Waals surface area contributed by atoms with Gasteiger partial charge in [-0.25, -0.2) is 0 Å². The molecule has 0 bridgehead atoms. The third kappa shape index (κ3) is 3.25. The van der Waals surface area contributed by atoms with E-state index < -0.39 is 0 Å². The smallest absolute Gasteiger partial charge is 0.0488 e. The van der Waals surface area contributed by atoms with Gasteiger partial charge in [0.1, 0.15) is 0 Å². The topological polar surface area (TPSA) is 29.3 Å². The molecule has 0 aliphatic carbocycles. The number of nitrogens with two attached hydrogens (primary N) is 1. The summed E-state index contributed by atoms with van der Waals surface area (Å²) >= 11 is 12.3. The van der Waals surface area contributed by atoms with E-state index in [1.54, 1.807) is 6.07 Å². The second-order valence-electron chi connectivity index (χ2n) is 5.52. The van der Waals surface area contributed by atoms with Crippen molar-refractivity contribution in [2.24, 2.45) is 11.7 Å². The van der Waals surface area contributed by atoms with Crippen molar-refractivity contribution in [1.82, 2.24) is 4.90 Å². The lowest BCUT2D eigenvalue weighted by Crippen LogP contribution is -2.46. The van der Waals surface area contributed by atoms with Gasteiger partial charge < -0.3 is 5.73 Å². The maximum Gasteiger partial charge on any atom is 0.0488 e. The molecular weight excluding hydrogens is 279 g/mol. The minimum absolute atomic E-state index is 0.183. The molecule has 0 spiro atoms.